The maximum absolute atomic E-state index is 10.1. The SMILES string of the molecule is N#Cc1cccc2c3ccccc3n(-c3cccc(-c4ccc5oc6ccc(-n7c8ccccc8c8cccc(C#N)c87)cc6c5c4)c3)c12. The lowest BCUT2D eigenvalue weighted by Crippen LogP contribution is -1.96. The van der Waals surface area contributed by atoms with Crippen LogP contribution in [0.1, 0.15) is 11.1 Å². The van der Waals surface area contributed by atoms with Crippen molar-refractivity contribution in [1.82, 2.24) is 9.13 Å². The first-order valence-corrected chi connectivity index (χ1v) is 16.1. The first-order chi connectivity index (χ1) is 24.2. The molecule has 226 valence electrons. The molecule has 0 spiro atoms. The quantitative estimate of drug-likeness (QED) is 0.196. The number of benzene rings is 7. The van der Waals surface area contributed by atoms with E-state index in [-0.39, 0.29) is 0 Å². The van der Waals surface area contributed by atoms with Crippen LogP contribution in [-0.2, 0) is 0 Å². The molecule has 0 aliphatic carbocycles. The molecule has 0 saturated heterocycles. The normalized spacial score (nSPS) is 11.6. The molecule has 10 rings (SSSR count). The van der Waals surface area contributed by atoms with E-state index in [1.807, 2.05) is 60.7 Å². The van der Waals surface area contributed by atoms with Crippen molar-refractivity contribution in [3.8, 4) is 34.6 Å². The van der Waals surface area contributed by atoms with Crippen LogP contribution in [0.4, 0.5) is 0 Å². The van der Waals surface area contributed by atoms with Crippen molar-refractivity contribution in [2.24, 2.45) is 0 Å². The summed E-state index contributed by atoms with van der Waals surface area (Å²) in [7, 11) is 0. The van der Waals surface area contributed by atoms with E-state index in [2.05, 4.69) is 106 Å². The van der Waals surface area contributed by atoms with Gasteiger partial charge in [0.25, 0.3) is 0 Å². The van der Waals surface area contributed by atoms with Gasteiger partial charge < -0.3 is 13.6 Å². The minimum atomic E-state index is 0.637. The average molecular weight is 625 g/mol. The van der Waals surface area contributed by atoms with E-state index in [1.165, 1.54) is 0 Å². The van der Waals surface area contributed by atoms with Gasteiger partial charge in [-0.15, -0.1) is 0 Å². The van der Waals surface area contributed by atoms with E-state index in [4.69, 9.17) is 4.42 Å². The summed E-state index contributed by atoms with van der Waals surface area (Å²) in [5, 5.41) is 26.5. The lowest BCUT2D eigenvalue weighted by atomic mass is 10.0. The van der Waals surface area contributed by atoms with Gasteiger partial charge in [0.1, 0.15) is 23.3 Å². The van der Waals surface area contributed by atoms with E-state index >= 15 is 0 Å². The van der Waals surface area contributed by atoms with Gasteiger partial charge in [-0.05, 0) is 77.9 Å². The molecule has 5 nitrogen and oxygen atoms in total. The van der Waals surface area contributed by atoms with Gasteiger partial charge in [0, 0.05) is 43.7 Å². The molecule has 0 aliphatic heterocycles. The predicted molar refractivity (Wildman–Crippen MR) is 197 cm³/mol. The Morgan fingerprint density at radius 1 is 0.408 bits per heavy atom. The summed E-state index contributed by atoms with van der Waals surface area (Å²) in [6.07, 6.45) is 0. The Hall–Kier alpha value is -7.08. The van der Waals surface area contributed by atoms with Crippen LogP contribution in [-0.4, -0.2) is 9.13 Å². The van der Waals surface area contributed by atoms with E-state index < -0.39 is 0 Å². The molecule has 0 bridgehead atoms. The van der Waals surface area contributed by atoms with Gasteiger partial charge in [-0.1, -0.05) is 78.9 Å². The molecule has 3 heterocycles. The number of hydrogen-bond donors (Lipinski definition) is 0. The first kappa shape index (κ1) is 27.1. The zero-order valence-electron chi connectivity index (χ0n) is 26.1. The number of nitrogens with zero attached hydrogens (tertiary/aromatic N) is 4. The Labute approximate surface area is 280 Å². The number of rotatable bonds is 3. The zero-order valence-corrected chi connectivity index (χ0v) is 26.1. The third kappa shape index (κ3) is 3.85. The second-order valence-corrected chi connectivity index (χ2v) is 12.4. The molecule has 0 saturated carbocycles. The number of nitriles is 2. The van der Waals surface area contributed by atoms with Crippen LogP contribution in [0.3, 0.4) is 0 Å². The Bertz CT molecular complexity index is 3090. The molecule has 0 unspecified atom stereocenters. The predicted octanol–water partition coefficient (Wildman–Crippen LogP) is 11.2. The van der Waals surface area contributed by atoms with Crippen molar-refractivity contribution in [2.45, 2.75) is 0 Å². The van der Waals surface area contributed by atoms with Gasteiger partial charge in [-0.3, -0.25) is 0 Å². The molecule has 0 radical (unpaired) electrons. The van der Waals surface area contributed by atoms with E-state index in [1.54, 1.807) is 0 Å². The third-order valence-electron chi connectivity index (χ3n) is 9.78. The number of hydrogen-bond acceptors (Lipinski definition) is 3. The van der Waals surface area contributed by atoms with Gasteiger partial charge in [-0.2, -0.15) is 10.5 Å². The second-order valence-electron chi connectivity index (χ2n) is 12.4. The highest BCUT2D eigenvalue weighted by Crippen LogP contribution is 2.39. The number of fused-ring (bicyclic) bond motifs is 9. The van der Waals surface area contributed by atoms with Crippen LogP contribution in [0.25, 0.3) is 88.1 Å². The molecule has 10 aromatic rings. The van der Waals surface area contributed by atoms with Crippen LogP contribution in [0.15, 0.2) is 150 Å². The highest BCUT2D eigenvalue weighted by molar-refractivity contribution is 6.13. The average Bonchev–Trinajstić information content (AvgIpc) is 3.82. The molecular weight excluding hydrogens is 601 g/mol. The van der Waals surface area contributed by atoms with Crippen LogP contribution in [0.2, 0.25) is 0 Å². The highest BCUT2D eigenvalue weighted by Gasteiger charge is 2.18. The van der Waals surface area contributed by atoms with E-state index in [0.29, 0.717) is 11.1 Å². The summed E-state index contributed by atoms with van der Waals surface area (Å²) in [4.78, 5) is 0. The standard InChI is InChI=1S/C44H24N4O/c45-25-29-9-6-14-35-33-12-1-3-16-39(33)47(43(29)35)31-11-5-8-27(22-31)28-18-20-41-37(23-28)38-24-32(19-21-42(38)49-41)48-40-17-4-2-13-34(40)36-15-7-10-30(26-46)44(36)48/h1-24H. The van der Waals surface area contributed by atoms with Crippen molar-refractivity contribution in [1.29, 1.82) is 10.5 Å². The fourth-order valence-corrected chi connectivity index (χ4v) is 7.66. The van der Waals surface area contributed by atoms with Crippen LogP contribution >= 0.6 is 0 Å². The van der Waals surface area contributed by atoms with Crippen LogP contribution < -0.4 is 0 Å². The molecule has 0 atom stereocenters. The Morgan fingerprint density at radius 3 is 1.55 bits per heavy atom. The summed E-state index contributed by atoms with van der Waals surface area (Å²) < 4.78 is 10.7. The van der Waals surface area contributed by atoms with Crippen molar-refractivity contribution in [2.75, 3.05) is 0 Å². The summed E-state index contributed by atoms with van der Waals surface area (Å²) in [5.74, 6) is 0. The Kier molecular flexibility index (Phi) is 5.64. The monoisotopic (exact) mass is 624 g/mol. The van der Waals surface area contributed by atoms with Crippen molar-refractivity contribution >= 4 is 65.6 Å². The maximum atomic E-state index is 10.1. The van der Waals surface area contributed by atoms with Crippen LogP contribution in [0, 0.1) is 22.7 Å². The fourth-order valence-electron chi connectivity index (χ4n) is 7.66. The third-order valence-corrected chi connectivity index (χ3v) is 9.78. The summed E-state index contributed by atoms with van der Waals surface area (Å²) in [6, 6.07) is 54.4. The molecule has 0 amide bonds. The maximum Gasteiger partial charge on any atom is 0.135 e. The number of furan rings is 1. The second kappa shape index (κ2) is 10.2. The Morgan fingerprint density at radius 2 is 0.918 bits per heavy atom. The minimum Gasteiger partial charge on any atom is -0.456 e. The molecular formula is C44H24N4O. The van der Waals surface area contributed by atoms with Gasteiger partial charge >= 0.3 is 0 Å². The highest BCUT2D eigenvalue weighted by atomic mass is 16.3. The van der Waals surface area contributed by atoms with Gasteiger partial charge in [0.15, 0.2) is 0 Å². The van der Waals surface area contributed by atoms with Crippen molar-refractivity contribution < 1.29 is 4.42 Å². The smallest absolute Gasteiger partial charge is 0.135 e. The lowest BCUT2D eigenvalue weighted by Gasteiger charge is -2.11. The molecule has 0 fully saturated rings. The van der Waals surface area contributed by atoms with Gasteiger partial charge in [0.2, 0.25) is 0 Å². The minimum absolute atomic E-state index is 0.637. The number of para-hydroxylation sites is 4. The lowest BCUT2D eigenvalue weighted by molar-refractivity contribution is 0.669. The summed E-state index contributed by atoms with van der Waals surface area (Å²) >= 11 is 0. The fraction of sp³-hybridized carbons (Fsp3) is 0. The molecule has 7 aromatic carbocycles. The van der Waals surface area contributed by atoms with Gasteiger partial charge in [-0.25, -0.2) is 0 Å². The molecule has 0 N–H and O–H groups in total. The molecule has 5 heteroatoms. The Balaban J connectivity index is 1.16. The molecule has 3 aromatic heterocycles. The van der Waals surface area contributed by atoms with Gasteiger partial charge in [0.05, 0.1) is 33.2 Å². The van der Waals surface area contributed by atoms with Crippen LogP contribution in [0.5, 0.6) is 0 Å². The summed E-state index contributed by atoms with van der Waals surface area (Å²) in [5.41, 5.74) is 10.9. The molecule has 0 aliphatic rings. The van der Waals surface area contributed by atoms with E-state index in [0.717, 1.165) is 88.1 Å². The number of aromatic nitrogens is 2. The molecule has 49 heavy (non-hydrogen) atoms. The largest absolute Gasteiger partial charge is 0.456 e. The first-order valence-electron chi connectivity index (χ1n) is 16.1. The van der Waals surface area contributed by atoms with Crippen molar-refractivity contribution in [3.63, 3.8) is 0 Å². The topological polar surface area (TPSA) is 70.6 Å². The zero-order chi connectivity index (χ0) is 32.6. The van der Waals surface area contributed by atoms with E-state index in [9.17, 15) is 10.5 Å². The summed E-state index contributed by atoms with van der Waals surface area (Å²) in [6.45, 7) is 0. The van der Waals surface area contributed by atoms with Crippen molar-refractivity contribution in [3.05, 3.63) is 157 Å².